The van der Waals surface area contributed by atoms with Crippen LogP contribution in [0.3, 0.4) is 0 Å². The number of esters is 1. The molecule has 0 aliphatic carbocycles. The van der Waals surface area contributed by atoms with E-state index < -0.39 is 34.6 Å². The van der Waals surface area contributed by atoms with Gasteiger partial charge in [-0.15, -0.1) is 0 Å². The molecule has 1 unspecified atom stereocenters. The number of nitrogens with zero attached hydrogens (tertiary/aromatic N) is 2. The van der Waals surface area contributed by atoms with Crippen molar-refractivity contribution in [3.8, 4) is 0 Å². The van der Waals surface area contributed by atoms with E-state index in [0.29, 0.717) is 0 Å². The minimum atomic E-state index is -4.09. The van der Waals surface area contributed by atoms with E-state index in [-0.39, 0.29) is 17.9 Å². The maximum Gasteiger partial charge on any atom is 0.326 e. The standard InChI is InChI=1S/C10H15N3O7S/c1-20-10(17)8(6-14)12-21(18,19)7-4-11-13(5-7)3-2-9(15)16/h4-5,8,12,14H,2-3,6H2,1H3,(H,15,16). The number of aliphatic hydroxyl groups is 1. The first-order valence-corrected chi connectivity index (χ1v) is 7.23. The van der Waals surface area contributed by atoms with E-state index in [4.69, 9.17) is 10.2 Å². The highest BCUT2D eigenvalue weighted by atomic mass is 32.2. The normalized spacial score (nSPS) is 12.9. The lowest BCUT2D eigenvalue weighted by Gasteiger charge is -2.12. The number of hydrogen-bond acceptors (Lipinski definition) is 7. The Labute approximate surface area is 120 Å². The fourth-order valence-corrected chi connectivity index (χ4v) is 2.50. The summed E-state index contributed by atoms with van der Waals surface area (Å²) in [5, 5.41) is 21.2. The number of nitrogens with one attached hydrogen (secondary N) is 1. The number of aromatic nitrogens is 2. The van der Waals surface area contributed by atoms with E-state index in [9.17, 15) is 18.0 Å². The molecule has 0 radical (unpaired) electrons. The molecule has 1 aromatic heterocycles. The lowest BCUT2D eigenvalue weighted by molar-refractivity contribution is -0.143. The molecule has 1 rings (SSSR count). The summed E-state index contributed by atoms with van der Waals surface area (Å²) in [5.41, 5.74) is 0. The van der Waals surface area contributed by atoms with Gasteiger partial charge in [-0.05, 0) is 0 Å². The minimum Gasteiger partial charge on any atom is -0.481 e. The maximum absolute atomic E-state index is 12.0. The maximum atomic E-state index is 12.0. The van der Waals surface area contributed by atoms with Gasteiger partial charge in [-0.1, -0.05) is 0 Å². The number of rotatable bonds is 8. The molecule has 0 amide bonds. The van der Waals surface area contributed by atoms with Crippen LogP contribution >= 0.6 is 0 Å². The van der Waals surface area contributed by atoms with Gasteiger partial charge in [0.25, 0.3) is 0 Å². The van der Waals surface area contributed by atoms with Crippen molar-refractivity contribution < 1.29 is 33.0 Å². The van der Waals surface area contributed by atoms with Crippen molar-refractivity contribution >= 4 is 22.0 Å². The van der Waals surface area contributed by atoms with Gasteiger partial charge in [-0.25, -0.2) is 8.42 Å². The predicted octanol–water partition coefficient (Wildman–Crippen LogP) is -1.83. The number of aliphatic hydroxyl groups excluding tert-OH is 1. The van der Waals surface area contributed by atoms with E-state index in [1.54, 1.807) is 0 Å². The number of carboxylic acids is 1. The zero-order valence-electron chi connectivity index (χ0n) is 11.1. The van der Waals surface area contributed by atoms with Gasteiger partial charge >= 0.3 is 11.9 Å². The first-order chi connectivity index (χ1) is 9.80. The molecule has 21 heavy (non-hydrogen) atoms. The SMILES string of the molecule is COC(=O)C(CO)NS(=O)(=O)c1cnn(CCC(=O)O)c1. The van der Waals surface area contributed by atoms with Gasteiger partial charge in [0.1, 0.15) is 10.9 Å². The average molecular weight is 321 g/mol. The Morgan fingerprint density at radius 3 is 2.71 bits per heavy atom. The van der Waals surface area contributed by atoms with Crippen LogP contribution in [0.15, 0.2) is 17.3 Å². The third kappa shape index (κ3) is 4.81. The van der Waals surface area contributed by atoms with Crippen LogP contribution < -0.4 is 4.72 Å². The Bertz CT molecular complexity index is 610. The summed E-state index contributed by atoms with van der Waals surface area (Å²) in [6.45, 7) is -0.760. The molecular weight excluding hydrogens is 306 g/mol. The van der Waals surface area contributed by atoms with E-state index in [1.807, 2.05) is 4.72 Å². The van der Waals surface area contributed by atoms with Gasteiger partial charge in [-0.3, -0.25) is 14.3 Å². The number of aryl methyl sites for hydroxylation is 1. The van der Waals surface area contributed by atoms with Crippen molar-refractivity contribution in [3.63, 3.8) is 0 Å². The molecule has 1 atom stereocenters. The highest BCUT2D eigenvalue weighted by molar-refractivity contribution is 7.89. The molecule has 1 heterocycles. The second-order valence-electron chi connectivity index (χ2n) is 3.96. The summed E-state index contributed by atoms with van der Waals surface area (Å²) in [4.78, 5) is 21.4. The summed E-state index contributed by atoms with van der Waals surface area (Å²) in [6.07, 6.45) is 1.92. The molecule has 10 nitrogen and oxygen atoms in total. The number of hydrogen-bond donors (Lipinski definition) is 3. The van der Waals surface area contributed by atoms with Crippen molar-refractivity contribution in [2.45, 2.75) is 23.9 Å². The highest BCUT2D eigenvalue weighted by Crippen LogP contribution is 2.08. The fourth-order valence-electron chi connectivity index (χ4n) is 1.37. The summed E-state index contributed by atoms with van der Waals surface area (Å²) < 4.78 is 31.4. The molecule has 0 bridgehead atoms. The smallest absolute Gasteiger partial charge is 0.326 e. The van der Waals surface area contributed by atoms with Crippen LogP contribution in [0, 0.1) is 0 Å². The second-order valence-corrected chi connectivity index (χ2v) is 5.68. The van der Waals surface area contributed by atoms with Crippen LogP contribution in [0.2, 0.25) is 0 Å². The zero-order valence-corrected chi connectivity index (χ0v) is 11.9. The number of carbonyl (C=O) groups excluding carboxylic acids is 1. The van der Waals surface area contributed by atoms with Crippen LogP contribution in [-0.2, 0) is 30.9 Å². The van der Waals surface area contributed by atoms with Crippen molar-refractivity contribution in [3.05, 3.63) is 12.4 Å². The van der Waals surface area contributed by atoms with Gasteiger partial charge < -0.3 is 14.9 Å². The van der Waals surface area contributed by atoms with Crippen molar-refractivity contribution in [2.24, 2.45) is 0 Å². The van der Waals surface area contributed by atoms with Crippen molar-refractivity contribution in [1.82, 2.24) is 14.5 Å². The highest BCUT2D eigenvalue weighted by Gasteiger charge is 2.26. The van der Waals surface area contributed by atoms with Gasteiger partial charge in [0.15, 0.2) is 0 Å². The molecule has 0 fully saturated rings. The Hall–Kier alpha value is -1.98. The number of sulfonamides is 1. The molecule has 0 saturated heterocycles. The topological polar surface area (TPSA) is 148 Å². The zero-order chi connectivity index (χ0) is 16.0. The summed E-state index contributed by atoms with van der Waals surface area (Å²) in [6, 6.07) is -1.43. The van der Waals surface area contributed by atoms with Crippen LogP contribution in [0.4, 0.5) is 0 Å². The Morgan fingerprint density at radius 2 is 2.19 bits per heavy atom. The van der Waals surface area contributed by atoms with Gasteiger partial charge in [-0.2, -0.15) is 9.82 Å². The van der Waals surface area contributed by atoms with Crippen molar-refractivity contribution in [2.75, 3.05) is 13.7 Å². The summed E-state index contributed by atoms with van der Waals surface area (Å²) >= 11 is 0. The molecule has 0 aliphatic heterocycles. The molecule has 3 N–H and O–H groups in total. The molecule has 0 saturated carbocycles. The van der Waals surface area contributed by atoms with Gasteiger partial charge in [0.05, 0.1) is 32.9 Å². The van der Waals surface area contributed by atoms with E-state index in [2.05, 4.69) is 9.84 Å². The fraction of sp³-hybridized carbons (Fsp3) is 0.500. The molecule has 118 valence electrons. The first kappa shape index (κ1) is 17.1. The van der Waals surface area contributed by atoms with Crippen LogP contribution in [0.1, 0.15) is 6.42 Å². The largest absolute Gasteiger partial charge is 0.481 e. The Morgan fingerprint density at radius 1 is 1.52 bits per heavy atom. The number of ether oxygens (including phenoxy) is 1. The molecule has 0 aliphatic rings. The first-order valence-electron chi connectivity index (χ1n) is 5.75. The van der Waals surface area contributed by atoms with Crippen LogP contribution in [0.25, 0.3) is 0 Å². The molecule has 0 aromatic carbocycles. The molecule has 0 spiro atoms. The van der Waals surface area contributed by atoms with E-state index in [1.165, 1.54) is 0 Å². The van der Waals surface area contributed by atoms with Crippen molar-refractivity contribution in [1.29, 1.82) is 0 Å². The molecular formula is C10H15N3O7S. The monoisotopic (exact) mass is 321 g/mol. The van der Waals surface area contributed by atoms with E-state index >= 15 is 0 Å². The Balaban J connectivity index is 2.83. The second kappa shape index (κ2) is 7.15. The lowest BCUT2D eigenvalue weighted by atomic mass is 10.3. The summed E-state index contributed by atoms with van der Waals surface area (Å²) in [5.74, 6) is -1.97. The minimum absolute atomic E-state index is 0.00524. The van der Waals surface area contributed by atoms with Gasteiger partial charge in [0, 0.05) is 6.20 Å². The van der Waals surface area contributed by atoms with Crippen LogP contribution in [0.5, 0.6) is 0 Å². The Kier molecular flexibility index (Phi) is 5.81. The molecule has 1 aromatic rings. The van der Waals surface area contributed by atoms with Crippen LogP contribution in [-0.4, -0.2) is 60.1 Å². The lowest BCUT2D eigenvalue weighted by Crippen LogP contribution is -2.43. The van der Waals surface area contributed by atoms with Gasteiger partial charge in [0.2, 0.25) is 10.0 Å². The number of methoxy groups -OCH3 is 1. The van der Waals surface area contributed by atoms with E-state index in [0.717, 1.165) is 24.2 Å². The number of aliphatic carboxylic acids is 1. The third-order valence-corrected chi connectivity index (χ3v) is 3.87. The number of carboxylic acid groups (broad SMARTS) is 1. The number of carbonyl (C=O) groups is 2. The quantitative estimate of drug-likeness (QED) is 0.474. The molecule has 11 heteroatoms. The average Bonchev–Trinajstić information content (AvgIpc) is 2.91. The predicted molar refractivity (Wildman–Crippen MR) is 67.7 cm³/mol. The third-order valence-electron chi connectivity index (χ3n) is 2.44. The summed E-state index contributed by atoms with van der Waals surface area (Å²) in [7, 11) is -3.03.